The molecule has 0 unspecified atom stereocenters. The largest absolute Gasteiger partial charge is 0.316 e. The summed E-state index contributed by atoms with van der Waals surface area (Å²) in [4.78, 5) is 19.0. The van der Waals surface area contributed by atoms with Gasteiger partial charge in [-0.25, -0.2) is 9.37 Å². The summed E-state index contributed by atoms with van der Waals surface area (Å²) in [6.07, 6.45) is 2.62. The van der Waals surface area contributed by atoms with Crippen LogP contribution in [0.2, 0.25) is 0 Å². The van der Waals surface area contributed by atoms with Gasteiger partial charge in [-0.2, -0.15) is 5.10 Å². The number of anilines is 1. The van der Waals surface area contributed by atoms with Crippen molar-refractivity contribution in [2.24, 2.45) is 7.05 Å². The molecule has 0 radical (unpaired) electrons. The number of rotatable bonds is 2. The Morgan fingerprint density at radius 3 is 2.76 bits per heavy atom. The topological polar surface area (TPSA) is 56.0 Å². The van der Waals surface area contributed by atoms with Crippen molar-refractivity contribution in [3.8, 4) is 11.3 Å². The molecular formula is C18H18FN5O. The van der Waals surface area contributed by atoms with Gasteiger partial charge in [-0.15, -0.1) is 0 Å². The van der Waals surface area contributed by atoms with E-state index in [0.29, 0.717) is 29.4 Å². The Morgan fingerprint density at radius 2 is 2.04 bits per heavy atom. The molecule has 3 aromatic rings. The number of aryl methyl sites for hydroxylation is 3. The normalized spacial score (nSPS) is 13.8. The molecule has 1 aromatic carbocycles. The Bertz CT molecular complexity index is 939. The molecule has 3 heterocycles. The Labute approximate surface area is 144 Å². The van der Waals surface area contributed by atoms with Crippen molar-refractivity contribution in [2.45, 2.75) is 19.9 Å². The third-order valence-corrected chi connectivity index (χ3v) is 4.51. The van der Waals surface area contributed by atoms with Crippen LogP contribution in [0, 0.1) is 12.7 Å². The van der Waals surface area contributed by atoms with Crippen LogP contribution in [0.15, 0.2) is 36.5 Å². The van der Waals surface area contributed by atoms with Crippen molar-refractivity contribution in [1.82, 2.24) is 19.3 Å². The van der Waals surface area contributed by atoms with Gasteiger partial charge in [-0.3, -0.25) is 14.4 Å². The summed E-state index contributed by atoms with van der Waals surface area (Å²) in [5, 5.41) is 4.27. The molecular weight excluding hydrogens is 321 g/mol. The number of aromatic nitrogens is 4. The monoisotopic (exact) mass is 339 g/mol. The van der Waals surface area contributed by atoms with E-state index < -0.39 is 0 Å². The molecule has 7 heteroatoms. The standard InChI is InChI=1S/C18H18FN5O/c1-12-10-15(21-22(12)2)17(25)24-9-5-8-23-11-16(20-18(23)24)13-6-3-4-7-14(13)19/h3-4,6-7,10-11H,5,8-9H2,1-2H3. The van der Waals surface area contributed by atoms with Crippen molar-refractivity contribution < 1.29 is 9.18 Å². The van der Waals surface area contributed by atoms with E-state index >= 15 is 0 Å². The highest BCUT2D eigenvalue weighted by atomic mass is 19.1. The number of amides is 1. The van der Waals surface area contributed by atoms with E-state index in [-0.39, 0.29) is 11.7 Å². The first kappa shape index (κ1) is 15.6. The van der Waals surface area contributed by atoms with E-state index in [4.69, 9.17) is 0 Å². The Kier molecular flexibility index (Phi) is 3.63. The summed E-state index contributed by atoms with van der Waals surface area (Å²) >= 11 is 0. The molecule has 6 nitrogen and oxygen atoms in total. The maximum Gasteiger partial charge on any atom is 0.281 e. The second kappa shape index (κ2) is 5.84. The highest BCUT2D eigenvalue weighted by Crippen LogP contribution is 2.28. The number of hydrogen-bond acceptors (Lipinski definition) is 3. The predicted octanol–water partition coefficient (Wildman–Crippen LogP) is 2.78. The summed E-state index contributed by atoms with van der Waals surface area (Å²) in [5.41, 5.74) is 2.27. The summed E-state index contributed by atoms with van der Waals surface area (Å²) in [6.45, 7) is 3.22. The minimum absolute atomic E-state index is 0.185. The van der Waals surface area contributed by atoms with Gasteiger partial charge in [0.1, 0.15) is 5.82 Å². The maximum atomic E-state index is 14.1. The van der Waals surface area contributed by atoms with Crippen molar-refractivity contribution in [3.05, 3.63) is 53.7 Å². The highest BCUT2D eigenvalue weighted by molar-refractivity contribution is 6.04. The van der Waals surface area contributed by atoms with Gasteiger partial charge in [0.05, 0.1) is 5.69 Å². The lowest BCUT2D eigenvalue weighted by Crippen LogP contribution is -2.38. The van der Waals surface area contributed by atoms with Crippen LogP contribution in [0.3, 0.4) is 0 Å². The molecule has 25 heavy (non-hydrogen) atoms. The lowest BCUT2D eigenvalue weighted by Gasteiger charge is -2.26. The molecule has 0 spiro atoms. The zero-order valence-electron chi connectivity index (χ0n) is 14.1. The van der Waals surface area contributed by atoms with Crippen LogP contribution in [0.1, 0.15) is 22.6 Å². The molecule has 0 N–H and O–H groups in total. The molecule has 1 aliphatic heterocycles. The summed E-state index contributed by atoms with van der Waals surface area (Å²) in [5.74, 6) is 0.0318. The fourth-order valence-corrected chi connectivity index (χ4v) is 3.08. The van der Waals surface area contributed by atoms with E-state index in [1.807, 2.05) is 11.5 Å². The van der Waals surface area contributed by atoms with Crippen molar-refractivity contribution >= 4 is 11.9 Å². The number of carbonyl (C=O) groups is 1. The number of fused-ring (bicyclic) bond motifs is 1. The fraction of sp³-hybridized carbons (Fsp3) is 0.278. The highest BCUT2D eigenvalue weighted by Gasteiger charge is 2.28. The van der Waals surface area contributed by atoms with Crippen molar-refractivity contribution in [3.63, 3.8) is 0 Å². The first-order valence-corrected chi connectivity index (χ1v) is 8.19. The van der Waals surface area contributed by atoms with Crippen LogP contribution < -0.4 is 4.90 Å². The fourth-order valence-electron chi connectivity index (χ4n) is 3.08. The van der Waals surface area contributed by atoms with Gasteiger partial charge in [-0.1, -0.05) is 12.1 Å². The quantitative estimate of drug-likeness (QED) is 0.721. The third-order valence-electron chi connectivity index (χ3n) is 4.51. The van der Waals surface area contributed by atoms with Crippen LogP contribution in [-0.2, 0) is 13.6 Å². The molecule has 0 saturated heterocycles. The van der Waals surface area contributed by atoms with E-state index in [1.54, 1.807) is 47.1 Å². The van der Waals surface area contributed by atoms with Crippen molar-refractivity contribution in [2.75, 3.05) is 11.4 Å². The minimum atomic E-state index is -0.323. The predicted molar refractivity (Wildman–Crippen MR) is 91.9 cm³/mol. The van der Waals surface area contributed by atoms with Gasteiger partial charge in [0.2, 0.25) is 5.95 Å². The summed E-state index contributed by atoms with van der Waals surface area (Å²) in [6, 6.07) is 8.29. The molecule has 128 valence electrons. The van der Waals surface area contributed by atoms with E-state index in [9.17, 15) is 9.18 Å². The Balaban J connectivity index is 1.73. The zero-order chi connectivity index (χ0) is 17.6. The second-order valence-electron chi connectivity index (χ2n) is 6.20. The lowest BCUT2D eigenvalue weighted by atomic mass is 10.1. The number of nitrogens with zero attached hydrogens (tertiary/aromatic N) is 5. The van der Waals surface area contributed by atoms with Crippen LogP contribution in [0.5, 0.6) is 0 Å². The zero-order valence-corrected chi connectivity index (χ0v) is 14.1. The van der Waals surface area contributed by atoms with Gasteiger partial charge in [-0.05, 0) is 31.5 Å². The number of benzene rings is 1. The minimum Gasteiger partial charge on any atom is -0.316 e. The smallest absolute Gasteiger partial charge is 0.281 e. The first-order chi connectivity index (χ1) is 12.0. The summed E-state index contributed by atoms with van der Waals surface area (Å²) < 4.78 is 17.6. The SMILES string of the molecule is Cc1cc(C(=O)N2CCCn3cc(-c4ccccc4F)nc32)nn1C. The number of hydrogen-bond donors (Lipinski definition) is 0. The molecule has 4 rings (SSSR count). The van der Waals surface area contributed by atoms with Crippen LogP contribution in [0.25, 0.3) is 11.3 Å². The van der Waals surface area contributed by atoms with Crippen molar-refractivity contribution in [1.29, 1.82) is 0 Å². The van der Waals surface area contributed by atoms with Crippen LogP contribution in [-0.4, -0.2) is 31.8 Å². The molecule has 2 aromatic heterocycles. The van der Waals surface area contributed by atoms with Crippen LogP contribution >= 0.6 is 0 Å². The van der Waals surface area contributed by atoms with Gasteiger partial charge in [0, 0.05) is 37.6 Å². The summed E-state index contributed by atoms with van der Waals surface area (Å²) in [7, 11) is 1.81. The van der Waals surface area contributed by atoms with Gasteiger partial charge in [0.15, 0.2) is 5.69 Å². The van der Waals surface area contributed by atoms with Gasteiger partial charge >= 0.3 is 0 Å². The number of halogens is 1. The first-order valence-electron chi connectivity index (χ1n) is 8.19. The van der Waals surface area contributed by atoms with Gasteiger partial charge < -0.3 is 4.57 Å². The third kappa shape index (κ3) is 2.61. The molecule has 0 aliphatic carbocycles. The molecule has 0 fully saturated rings. The van der Waals surface area contributed by atoms with Gasteiger partial charge in [0.25, 0.3) is 5.91 Å². The Hall–Kier alpha value is -2.96. The molecule has 0 saturated carbocycles. The number of carbonyl (C=O) groups excluding carboxylic acids is 1. The second-order valence-corrected chi connectivity index (χ2v) is 6.20. The lowest BCUT2D eigenvalue weighted by molar-refractivity contribution is 0.0975. The average molecular weight is 339 g/mol. The van der Waals surface area contributed by atoms with E-state index in [1.165, 1.54) is 6.07 Å². The number of imidazole rings is 1. The molecule has 1 amide bonds. The van der Waals surface area contributed by atoms with E-state index in [0.717, 1.165) is 18.7 Å². The van der Waals surface area contributed by atoms with E-state index in [2.05, 4.69) is 10.1 Å². The average Bonchev–Trinajstić information content (AvgIpc) is 3.18. The molecule has 0 atom stereocenters. The maximum absolute atomic E-state index is 14.1. The Morgan fingerprint density at radius 1 is 1.24 bits per heavy atom. The molecule has 1 aliphatic rings. The van der Waals surface area contributed by atoms with Crippen LogP contribution in [0.4, 0.5) is 10.3 Å². The molecule has 0 bridgehead atoms.